The highest BCUT2D eigenvalue weighted by Crippen LogP contribution is 2.36. The van der Waals surface area contributed by atoms with Crippen molar-refractivity contribution in [3.63, 3.8) is 0 Å². The average molecular weight is 270 g/mol. The van der Waals surface area contributed by atoms with Crippen molar-refractivity contribution in [3.05, 3.63) is 28.8 Å². The van der Waals surface area contributed by atoms with E-state index in [9.17, 15) is 5.11 Å². The van der Waals surface area contributed by atoms with Gasteiger partial charge in [-0.3, -0.25) is 4.90 Å². The number of nitrogens with zero attached hydrogens (tertiary/aromatic N) is 1. The topological polar surface area (TPSA) is 41.9 Å². The van der Waals surface area contributed by atoms with Crippen LogP contribution in [0.4, 0.5) is 0 Å². The Bertz CT molecular complexity index is 434. The molecule has 0 aliphatic carbocycles. The summed E-state index contributed by atoms with van der Waals surface area (Å²) in [5.41, 5.74) is 0.783. The number of hydrogen-bond donors (Lipinski definition) is 1. The molecule has 0 aromatic heterocycles. The van der Waals surface area contributed by atoms with Crippen molar-refractivity contribution in [2.45, 2.75) is 12.1 Å². The van der Waals surface area contributed by atoms with Gasteiger partial charge in [0, 0.05) is 23.7 Å². The van der Waals surface area contributed by atoms with Crippen LogP contribution in [0.3, 0.4) is 0 Å². The zero-order valence-electron chi connectivity index (χ0n) is 10.0. The summed E-state index contributed by atoms with van der Waals surface area (Å²) < 4.78 is 11.0. The first-order valence-corrected chi connectivity index (χ1v) is 6.55. The minimum atomic E-state index is -0.550. The van der Waals surface area contributed by atoms with Gasteiger partial charge in [-0.25, -0.2) is 0 Å². The number of fused-ring (bicyclic) bond motifs is 1. The second kappa shape index (κ2) is 5.05. The lowest BCUT2D eigenvalue weighted by atomic mass is 9.97. The molecule has 2 aliphatic heterocycles. The maximum Gasteiger partial charge on any atom is 0.125 e. The molecule has 0 unspecified atom stereocenters. The Kier molecular flexibility index (Phi) is 3.43. The fourth-order valence-electron chi connectivity index (χ4n) is 2.57. The van der Waals surface area contributed by atoms with Crippen LogP contribution in [-0.2, 0) is 4.74 Å². The van der Waals surface area contributed by atoms with Gasteiger partial charge in [0.25, 0.3) is 0 Å². The summed E-state index contributed by atoms with van der Waals surface area (Å²) in [7, 11) is 0. The van der Waals surface area contributed by atoms with Crippen LogP contribution in [0.15, 0.2) is 18.2 Å². The molecule has 1 saturated heterocycles. The summed E-state index contributed by atoms with van der Waals surface area (Å²) in [6.07, 6.45) is -0.550. The van der Waals surface area contributed by atoms with Crippen LogP contribution < -0.4 is 4.74 Å². The van der Waals surface area contributed by atoms with E-state index in [-0.39, 0.29) is 6.04 Å². The first kappa shape index (κ1) is 12.2. The Morgan fingerprint density at radius 2 is 2.06 bits per heavy atom. The summed E-state index contributed by atoms with van der Waals surface area (Å²) in [5.74, 6) is 0.733. The van der Waals surface area contributed by atoms with Gasteiger partial charge in [0.1, 0.15) is 18.5 Å². The standard InChI is InChI=1S/C13H16ClNO3/c14-9-1-2-12-10(7-9)13(16)11(8-18-12)15-3-5-17-6-4-15/h1-2,7,11,13,16H,3-6,8H2/t11-,13+/m0/s1. The smallest absolute Gasteiger partial charge is 0.125 e. The highest BCUT2D eigenvalue weighted by molar-refractivity contribution is 6.30. The Morgan fingerprint density at radius 1 is 1.28 bits per heavy atom. The molecule has 2 aliphatic rings. The first-order chi connectivity index (χ1) is 8.75. The third-order valence-electron chi connectivity index (χ3n) is 3.58. The van der Waals surface area contributed by atoms with Crippen molar-refractivity contribution in [1.29, 1.82) is 0 Å². The number of rotatable bonds is 1. The minimum absolute atomic E-state index is 0.0140. The molecule has 2 atom stereocenters. The Hall–Kier alpha value is -0.810. The van der Waals surface area contributed by atoms with Crippen molar-refractivity contribution < 1.29 is 14.6 Å². The van der Waals surface area contributed by atoms with E-state index in [2.05, 4.69) is 4.90 Å². The van der Waals surface area contributed by atoms with E-state index in [1.54, 1.807) is 12.1 Å². The second-order valence-corrected chi connectivity index (χ2v) is 5.09. The first-order valence-electron chi connectivity index (χ1n) is 6.18. The summed E-state index contributed by atoms with van der Waals surface area (Å²) >= 11 is 5.98. The molecule has 0 amide bonds. The molecule has 0 bridgehead atoms. The monoisotopic (exact) mass is 269 g/mol. The quantitative estimate of drug-likeness (QED) is 0.838. The van der Waals surface area contributed by atoms with Gasteiger partial charge < -0.3 is 14.6 Å². The maximum absolute atomic E-state index is 10.5. The van der Waals surface area contributed by atoms with Crippen LogP contribution in [-0.4, -0.2) is 49.0 Å². The van der Waals surface area contributed by atoms with Crippen LogP contribution >= 0.6 is 11.6 Å². The van der Waals surface area contributed by atoms with Gasteiger partial charge in [-0.05, 0) is 18.2 Å². The lowest BCUT2D eigenvalue weighted by molar-refractivity contribution is -0.0454. The van der Waals surface area contributed by atoms with Gasteiger partial charge in [0.05, 0.1) is 19.3 Å². The lowest BCUT2D eigenvalue weighted by Gasteiger charge is -2.39. The molecule has 18 heavy (non-hydrogen) atoms. The fraction of sp³-hybridized carbons (Fsp3) is 0.538. The molecule has 5 heteroatoms. The Labute approximate surface area is 111 Å². The largest absolute Gasteiger partial charge is 0.491 e. The fourth-order valence-corrected chi connectivity index (χ4v) is 2.75. The van der Waals surface area contributed by atoms with Crippen molar-refractivity contribution >= 4 is 11.6 Å². The van der Waals surface area contributed by atoms with E-state index < -0.39 is 6.10 Å². The number of aliphatic hydroxyl groups is 1. The van der Waals surface area contributed by atoms with Gasteiger partial charge in [-0.2, -0.15) is 0 Å². The van der Waals surface area contributed by atoms with E-state index in [0.717, 1.165) is 24.4 Å². The molecular formula is C13H16ClNO3. The molecule has 0 spiro atoms. The summed E-state index contributed by atoms with van der Waals surface area (Å²) in [6, 6.07) is 5.37. The molecule has 1 N–H and O–H groups in total. The number of aliphatic hydroxyl groups excluding tert-OH is 1. The molecule has 1 aromatic carbocycles. The van der Waals surface area contributed by atoms with E-state index in [1.807, 2.05) is 6.07 Å². The minimum Gasteiger partial charge on any atom is -0.491 e. The third-order valence-corrected chi connectivity index (χ3v) is 3.81. The van der Waals surface area contributed by atoms with Gasteiger partial charge in [-0.1, -0.05) is 11.6 Å². The number of morpholine rings is 1. The number of hydrogen-bond acceptors (Lipinski definition) is 4. The van der Waals surface area contributed by atoms with Gasteiger partial charge in [0.15, 0.2) is 0 Å². The molecule has 0 radical (unpaired) electrons. The van der Waals surface area contributed by atoms with Crippen LogP contribution in [0.1, 0.15) is 11.7 Å². The summed E-state index contributed by atoms with van der Waals surface area (Å²) in [5, 5.41) is 11.1. The zero-order valence-corrected chi connectivity index (χ0v) is 10.8. The molecule has 1 fully saturated rings. The predicted molar refractivity (Wildman–Crippen MR) is 68.1 cm³/mol. The molecule has 3 rings (SSSR count). The SMILES string of the molecule is O[C@@H]1c2cc(Cl)ccc2OC[C@@H]1N1CCOCC1. The second-order valence-electron chi connectivity index (χ2n) is 4.65. The maximum atomic E-state index is 10.5. The van der Waals surface area contributed by atoms with Crippen LogP contribution in [0, 0.1) is 0 Å². The highest BCUT2D eigenvalue weighted by atomic mass is 35.5. The van der Waals surface area contributed by atoms with Crippen LogP contribution in [0.2, 0.25) is 5.02 Å². The number of ether oxygens (including phenoxy) is 2. The van der Waals surface area contributed by atoms with Crippen molar-refractivity contribution in [1.82, 2.24) is 4.90 Å². The van der Waals surface area contributed by atoms with Gasteiger partial charge in [-0.15, -0.1) is 0 Å². The van der Waals surface area contributed by atoms with E-state index in [4.69, 9.17) is 21.1 Å². The van der Waals surface area contributed by atoms with Gasteiger partial charge in [0.2, 0.25) is 0 Å². The lowest BCUT2D eigenvalue weighted by Crippen LogP contribution is -2.50. The number of halogens is 1. The van der Waals surface area contributed by atoms with Crippen LogP contribution in [0.5, 0.6) is 5.75 Å². The Balaban J connectivity index is 1.83. The molecule has 4 nitrogen and oxygen atoms in total. The third kappa shape index (κ3) is 2.21. The molecule has 0 saturated carbocycles. The molecule has 1 aromatic rings. The Morgan fingerprint density at radius 3 is 2.83 bits per heavy atom. The van der Waals surface area contributed by atoms with Crippen molar-refractivity contribution in [3.8, 4) is 5.75 Å². The summed E-state index contributed by atoms with van der Waals surface area (Å²) in [4.78, 5) is 2.22. The number of benzene rings is 1. The van der Waals surface area contributed by atoms with Gasteiger partial charge >= 0.3 is 0 Å². The predicted octanol–water partition coefficient (Wildman–Crippen LogP) is 1.47. The summed E-state index contributed by atoms with van der Waals surface area (Å²) in [6.45, 7) is 3.61. The van der Waals surface area contributed by atoms with E-state index >= 15 is 0 Å². The highest BCUT2D eigenvalue weighted by Gasteiger charge is 2.34. The molecule has 98 valence electrons. The van der Waals surface area contributed by atoms with E-state index in [0.29, 0.717) is 24.8 Å². The molecular weight excluding hydrogens is 254 g/mol. The van der Waals surface area contributed by atoms with E-state index in [1.165, 1.54) is 0 Å². The van der Waals surface area contributed by atoms with Crippen molar-refractivity contribution in [2.24, 2.45) is 0 Å². The molecule has 2 heterocycles. The zero-order chi connectivity index (χ0) is 12.5. The van der Waals surface area contributed by atoms with Crippen molar-refractivity contribution in [2.75, 3.05) is 32.9 Å². The average Bonchev–Trinajstić information content (AvgIpc) is 2.41. The van der Waals surface area contributed by atoms with Crippen LogP contribution in [0.25, 0.3) is 0 Å². The normalized spacial score (nSPS) is 28.6.